The van der Waals surface area contributed by atoms with Gasteiger partial charge >= 0.3 is 0 Å². The zero-order valence-electron chi connectivity index (χ0n) is 20.9. The van der Waals surface area contributed by atoms with E-state index in [1.165, 1.54) is 6.08 Å². The van der Waals surface area contributed by atoms with Gasteiger partial charge in [0.05, 0.1) is 24.0 Å². The van der Waals surface area contributed by atoms with Crippen LogP contribution in [0.25, 0.3) is 22.0 Å². The summed E-state index contributed by atoms with van der Waals surface area (Å²) in [5.41, 5.74) is 3.67. The number of hydrogen-bond donors (Lipinski definition) is 2. The Balaban J connectivity index is 1.72. The molecule has 0 bridgehead atoms. The fourth-order valence-corrected chi connectivity index (χ4v) is 3.88. The first kappa shape index (κ1) is 25.9. The molecule has 1 aromatic heterocycles. The molecule has 8 nitrogen and oxygen atoms in total. The number of nitrogens with zero attached hydrogens (tertiary/aromatic N) is 3. The number of likely N-dealkylation sites (N-methyl/N-ethyl adjacent to an activating group) is 1. The summed E-state index contributed by atoms with van der Waals surface area (Å²) >= 11 is 6.23. The second kappa shape index (κ2) is 11.7. The van der Waals surface area contributed by atoms with Crippen molar-refractivity contribution in [2.45, 2.75) is 0 Å². The van der Waals surface area contributed by atoms with E-state index in [2.05, 4.69) is 22.2 Å². The van der Waals surface area contributed by atoms with Crippen molar-refractivity contribution in [3.8, 4) is 22.6 Å². The number of carbonyl (C=O) groups is 1. The van der Waals surface area contributed by atoms with Crippen LogP contribution in [0.2, 0.25) is 5.02 Å². The molecule has 4 rings (SSSR count). The summed E-state index contributed by atoms with van der Waals surface area (Å²) < 4.78 is 11.5. The van der Waals surface area contributed by atoms with Crippen LogP contribution in [0.5, 0.6) is 11.5 Å². The van der Waals surface area contributed by atoms with Crippen LogP contribution in [0.4, 0.5) is 17.3 Å². The molecule has 1 amide bonds. The molecule has 0 unspecified atom stereocenters. The fraction of sp³-hybridized carbons (Fsp3) is 0.179. The van der Waals surface area contributed by atoms with Gasteiger partial charge in [-0.2, -0.15) is 0 Å². The molecule has 0 aliphatic rings. The maximum Gasteiger partial charge on any atom is 0.247 e. The summed E-state index contributed by atoms with van der Waals surface area (Å²) in [5.74, 6) is 0.981. The topological polar surface area (TPSA) is 88.6 Å². The highest BCUT2D eigenvalue weighted by atomic mass is 35.5. The van der Waals surface area contributed by atoms with E-state index in [1.54, 1.807) is 25.4 Å². The minimum absolute atomic E-state index is 0.360. The molecule has 0 spiro atoms. The molecule has 0 aliphatic heterocycles. The molecule has 3 aromatic carbocycles. The van der Waals surface area contributed by atoms with Gasteiger partial charge in [0.1, 0.15) is 18.1 Å². The first-order valence-corrected chi connectivity index (χ1v) is 12.0. The fourth-order valence-electron chi connectivity index (χ4n) is 3.69. The number of methoxy groups -OCH3 is 1. The molecule has 0 radical (unpaired) electrons. The van der Waals surface area contributed by atoms with Gasteiger partial charge in [-0.1, -0.05) is 48.5 Å². The Labute approximate surface area is 220 Å². The number of carbonyl (C=O) groups excluding carboxylic acids is 1. The van der Waals surface area contributed by atoms with Crippen LogP contribution in [-0.4, -0.2) is 55.1 Å². The number of fused-ring (bicyclic) bond motifs is 1. The molecule has 0 aliphatic carbocycles. The van der Waals surface area contributed by atoms with Gasteiger partial charge in [-0.15, -0.1) is 0 Å². The summed E-state index contributed by atoms with van der Waals surface area (Å²) in [5, 5.41) is 7.56. The van der Waals surface area contributed by atoms with E-state index in [0.717, 1.165) is 22.0 Å². The summed E-state index contributed by atoms with van der Waals surface area (Å²) in [6, 6.07) is 17.0. The smallest absolute Gasteiger partial charge is 0.247 e. The quantitative estimate of drug-likeness (QED) is 0.258. The summed E-state index contributed by atoms with van der Waals surface area (Å²) in [6.45, 7) is 4.67. The van der Waals surface area contributed by atoms with Gasteiger partial charge in [0.15, 0.2) is 0 Å². The number of halogens is 1. The monoisotopic (exact) mass is 517 g/mol. The maximum absolute atomic E-state index is 12.1. The van der Waals surface area contributed by atoms with Crippen molar-refractivity contribution in [2.75, 3.05) is 45.0 Å². The third kappa shape index (κ3) is 6.35. The highest BCUT2D eigenvalue weighted by Crippen LogP contribution is 2.38. The van der Waals surface area contributed by atoms with Crippen molar-refractivity contribution in [3.63, 3.8) is 0 Å². The van der Waals surface area contributed by atoms with Crippen LogP contribution >= 0.6 is 11.6 Å². The molecule has 0 fully saturated rings. The minimum atomic E-state index is -0.360. The number of nitrogens with one attached hydrogen (secondary N) is 2. The number of ether oxygens (including phenoxy) is 2. The summed E-state index contributed by atoms with van der Waals surface area (Å²) in [4.78, 5) is 23.4. The zero-order chi connectivity index (χ0) is 26.4. The molecular weight excluding hydrogens is 490 g/mol. The Hall–Kier alpha value is -4.14. The number of aromatic nitrogens is 2. The number of rotatable bonds is 10. The summed E-state index contributed by atoms with van der Waals surface area (Å²) in [6.07, 6.45) is 2.95. The first-order valence-electron chi connectivity index (χ1n) is 11.6. The van der Waals surface area contributed by atoms with E-state index in [1.807, 2.05) is 61.5 Å². The minimum Gasteiger partial charge on any atom is -0.494 e. The highest BCUT2D eigenvalue weighted by molar-refractivity contribution is 6.30. The Kier molecular flexibility index (Phi) is 8.22. The predicted octanol–water partition coefficient (Wildman–Crippen LogP) is 5.77. The number of hydrogen-bond acceptors (Lipinski definition) is 7. The number of benzene rings is 3. The van der Waals surface area contributed by atoms with Gasteiger partial charge in [-0.3, -0.25) is 4.79 Å². The van der Waals surface area contributed by atoms with Crippen LogP contribution in [0.1, 0.15) is 0 Å². The van der Waals surface area contributed by atoms with Crippen LogP contribution in [0, 0.1) is 0 Å². The Bertz CT molecular complexity index is 1440. The summed E-state index contributed by atoms with van der Waals surface area (Å²) in [7, 11) is 5.47. The molecule has 0 saturated heterocycles. The van der Waals surface area contributed by atoms with Gasteiger partial charge in [0, 0.05) is 34.8 Å². The van der Waals surface area contributed by atoms with Crippen molar-refractivity contribution >= 4 is 45.7 Å². The normalized spacial score (nSPS) is 10.8. The van der Waals surface area contributed by atoms with Gasteiger partial charge in [0.2, 0.25) is 11.9 Å². The van der Waals surface area contributed by atoms with Crippen molar-refractivity contribution in [3.05, 3.63) is 78.5 Å². The lowest BCUT2D eigenvalue weighted by molar-refractivity contribution is -0.111. The van der Waals surface area contributed by atoms with Gasteiger partial charge in [-0.05, 0) is 43.9 Å². The molecular formula is C28H28ClN5O3. The Morgan fingerprint density at radius 2 is 1.92 bits per heavy atom. The van der Waals surface area contributed by atoms with Crippen molar-refractivity contribution in [1.29, 1.82) is 0 Å². The van der Waals surface area contributed by atoms with E-state index in [9.17, 15) is 4.79 Å². The van der Waals surface area contributed by atoms with E-state index in [4.69, 9.17) is 26.1 Å². The van der Waals surface area contributed by atoms with Crippen molar-refractivity contribution in [2.24, 2.45) is 0 Å². The van der Waals surface area contributed by atoms with Crippen LogP contribution in [0.15, 0.2) is 73.4 Å². The van der Waals surface area contributed by atoms with Gasteiger partial charge in [0.25, 0.3) is 0 Å². The van der Waals surface area contributed by atoms with Gasteiger partial charge in [-0.25, -0.2) is 9.97 Å². The Morgan fingerprint density at radius 1 is 1.11 bits per heavy atom. The van der Waals surface area contributed by atoms with Crippen molar-refractivity contribution in [1.82, 2.24) is 14.9 Å². The molecule has 9 heteroatoms. The molecule has 0 atom stereocenters. The third-order valence-electron chi connectivity index (χ3n) is 5.53. The predicted molar refractivity (Wildman–Crippen MR) is 149 cm³/mol. The van der Waals surface area contributed by atoms with Gasteiger partial charge < -0.3 is 25.0 Å². The lowest BCUT2D eigenvalue weighted by Crippen LogP contribution is -2.20. The van der Waals surface area contributed by atoms with E-state index < -0.39 is 0 Å². The SMILES string of the molecule is C=CC(=O)Nc1cc(Nc2ncc3cccc(-c4cccc(Cl)c4)c3n2)c(OC)cc1OCCN(C)C. The molecule has 37 heavy (non-hydrogen) atoms. The molecule has 2 N–H and O–H groups in total. The third-order valence-corrected chi connectivity index (χ3v) is 5.77. The number of para-hydroxylation sites is 1. The largest absolute Gasteiger partial charge is 0.494 e. The van der Waals surface area contributed by atoms with Crippen LogP contribution < -0.4 is 20.1 Å². The van der Waals surface area contributed by atoms with E-state index in [-0.39, 0.29) is 5.91 Å². The second-order valence-corrected chi connectivity index (χ2v) is 8.90. The van der Waals surface area contributed by atoms with Crippen LogP contribution in [-0.2, 0) is 4.79 Å². The zero-order valence-corrected chi connectivity index (χ0v) is 21.7. The Morgan fingerprint density at radius 3 is 2.65 bits per heavy atom. The molecule has 4 aromatic rings. The lowest BCUT2D eigenvalue weighted by atomic mass is 10.0. The molecule has 1 heterocycles. The lowest BCUT2D eigenvalue weighted by Gasteiger charge is -2.18. The molecule has 0 saturated carbocycles. The molecule has 190 valence electrons. The number of amides is 1. The number of anilines is 3. The van der Waals surface area contributed by atoms with E-state index in [0.29, 0.717) is 47.0 Å². The average Bonchev–Trinajstić information content (AvgIpc) is 2.89. The standard InChI is InChI=1S/C28H28ClN5O3/c1-5-26(35)31-23-15-22(24(36-4)16-25(23)37-13-12-34(2)3)32-28-30-17-19-9-7-11-21(27(19)33-28)18-8-6-10-20(29)14-18/h5-11,14-17H,1,12-13H2,2-4H3,(H,31,35)(H,30,32,33). The van der Waals surface area contributed by atoms with Crippen LogP contribution in [0.3, 0.4) is 0 Å². The van der Waals surface area contributed by atoms with E-state index >= 15 is 0 Å². The second-order valence-electron chi connectivity index (χ2n) is 8.47. The first-order chi connectivity index (χ1) is 17.9. The van der Waals surface area contributed by atoms with Crippen molar-refractivity contribution < 1.29 is 14.3 Å². The maximum atomic E-state index is 12.1. The average molecular weight is 518 g/mol. The highest BCUT2D eigenvalue weighted by Gasteiger charge is 2.16.